The molecule has 8 heteroatoms. The minimum Gasteiger partial charge on any atom is -0.491 e. The number of halogens is 1. The van der Waals surface area contributed by atoms with Crippen LogP contribution in [0.3, 0.4) is 0 Å². The molecule has 1 fully saturated rings. The summed E-state index contributed by atoms with van der Waals surface area (Å²) in [7, 11) is 1.53. The Labute approximate surface area is 185 Å². The van der Waals surface area contributed by atoms with Gasteiger partial charge in [0.2, 0.25) is 0 Å². The second-order valence-electron chi connectivity index (χ2n) is 8.18. The number of likely N-dealkylation sites (tertiary alicyclic amines) is 1. The molecule has 2 aromatic rings. The maximum Gasteiger partial charge on any atom is 0.261 e. The summed E-state index contributed by atoms with van der Waals surface area (Å²) in [5.74, 6) is 0.957. The highest BCUT2D eigenvalue weighted by atomic mass is 35.5. The van der Waals surface area contributed by atoms with Crippen molar-refractivity contribution < 1.29 is 18.6 Å². The number of hydrogen-bond acceptors (Lipinski definition) is 4. The molecule has 3 rings (SSSR count). The first kappa shape index (κ1) is 23.0. The van der Waals surface area contributed by atoms with Crippen LogP contribution in [0.25, 0.3) is 0 Å². The third-order valence-electron chi connectivity index (χ3n) is 5.91. The van der Waals surface area contributed by atoms with Crippen molar-refractivity contribution in [2.24, 2.45) is 0 Å². The molecule has 0 radical (unpaired) electrons. The molecule has 0 amide bonds. The Kier molecular flexibility index (Phi) is 7.42. The SMILES string of the molecule is CN(c1ccc(OC[C@H](O)CN2CCC(c3cccc(Cl)c3)C2(C)C)cc1)S(=O)O. The summed E-state index contributed by atoms with van der Waals surface area (Å²) < 4.78 is 27.2. The highest BCUT2D eigenvalue weighted by molar-refractivity contribution is 7.80. The molecule has 0 saturated carbocycles. The molecule has 2 unspecified atom stereocenters. The first-order chi connectivity index (χ1) is 14.2. The lowest BCUT2D eigenvalue weighted by Crippen LogP contribution is -2.46. The van der Waals surface area contributed by atoms with Crippen molar-refractivity contribution in [3.05, 3.63) is 59.1 Å². The normalized spacial score (nSPS) is 20.7. The van der Waals surface area contributed by atoms with Gasteiger partial charge in [-0.3, -0.25) is 13.8 Å². The molecule has 6 nitrogen and oxygen atoms in total. The Morgan fingerprint density at radius 2 is 2.00 bits per heavy atom. The van der Waals surface area contributed by atoms with Crippen molar-refractivity contribution in [2.45, 2.75) is 37.8 Å². The van der Waals surface area contributed by atoms with Gasteiger partial charge in [0.15, 0.2) is 0 Å². The summed E-state index contributed by atoms with van der Waals surface area (Å²) >= 11 is 4.11. The van der Waals surface area contributed by atoms with Crippen LogP contribution in [0.1, 0.15) is 31.7 Å². The third-order valence-corrected chi connectivity index (χ3v) is 6.83. The van der Waals surface area contributed by atoms with E-state index in [2.05, 4.69) is 24.8 Å². The van der Waals surface area contributed by atoms with Crippen LogP contribution >= 0.6 is 11.6 Å². The quantitative estimate of drug-likeness (QED) is 0.594. The second kappa shape index (κ2) is 9.66. The van der Waals surface area contributed by atoms with Crippen molar-refractivity contribution in [1.29, 1.82) is 0 Å². The van der Waals surface area contributed by atoms with Gasteiger partial charge in [-0.2, -0.15) is 0 Å². The van der Waals surface area contributed by atoms with Crippen LogP contribution in [0.15, 0.2) is 48.5 Å². The molecule has 2 N–H and O–H groups in total. The smallest absolute Gasteiger partial charge is 0.261 e. The average molecular weight is 453 g/mol. The van der Waals surface area contributed by atoms with Crippen LogP contribution in [0.5, 0.6) is 5.75 Å². The monoisotopic (exact) mass is 452 g/mol. The Balaban J connectivity index is 1.55. The molecule has 30 heavy (non-hydrogen) atoms. The van der Waals surface area contributed by atoms with Gasteiger partial charge in [-0.05, 0) is 68.8 Å². The first-order valence-electron chi connectivity index (χ1n) is 9.94. The van der Waals surface area contributed by atoms with E-state index in [4.69, 9.17) is 20.9 Å². The van der Waals surface area contributed by atoms with Gasteiger partial charge in [0.1, 0.15) is 18.5 Å². The highest BCUT2D eigenvalue weighted by Crippen LogP contribution is 2.42. The van der Waals surface area contributed by atoms with E-state index < -0.39 is 17.4 Å². The third kappa shape index (κ3) is 5.34. The van der Waals surface area contributed by atoms with Gasteiger partial charge in [-0.1, -0.05) is 23.7 Å². The summed E-state index contributed by atoms with van der Waals surface area (Å²) in [5.41, 5.74) is 1.74. The molecular weight excluding hydrogens is 424 g/mol. The average Bonchev–Trinajstić information content (AvgIpc) is 3.00. The van der Waals surface area contributed by atoms with Gasteiger partial charge in [0.25, 0.3) is 11.3 Å². The minimum absolute atomic E-state index is 0.0994. The maximum absolute atomic E-state index is 11.1. The number of benzene rings is 2. The van der Waals surface area contributed by atoms with E-state index in [1.54, 1.807) is 24.3 Å². The number of ether oxygens (including phenoxy) is 1. The van der Waals surface area contributed by atoms with Crippen LogP contribution in [0.4, 0.5) is 5.69 Å². The predicted molar refractivity (Wildman–Crippen MR) is 122 cm³/mol. The number of anilines is 1. The van der Waals surface area contributed by atoms with E-state index in [-0.39, 0.29) is 12.1 Å². The van der Waals surface area contributed by atoms with E-state index in [1.807, 2.05) is 18.2 Å². The molecule has 1 aliphatic heterocycles. The van der Waals surface area contributed by atoms with Crippen molar-refractivity contribution in [3.8, 4) is 5.75 Å². The van der Waals surface area contributed by atoms with Gasteiger partial charge >= 0.3 is 0 Å². The molecule has 1 aliphatic rings. The van der Waals surface area contributed by atoms with Gasteiger partial charge < -0.3 is 9.84 Å². The molecule has 1 heterocycles. The van der Waals surface area contributed by atoms with Crippen molar-refractivity contribution >= 4 is 28.6 Å². The van der Waals surface area contributed by atoms with Crippen LogP contribution in [0.2, 0.25) is 5.02 Å². The largest absolute Gasteiger partial charge is 0.491 e. The molecule has 0 spiro atoms. The summed E-state index contributed by atoms with van der Waals surface area (Å²) in [4.78, 5) is 2.31. The Bertz CT molecular complexity index is 878. The zero-order valence-corrected chi connectivity index (χ0v) is 19.1. The zero-order valence-electron chi connectivity index (χ0n) is 17.5. The maximum atomic E-state index is 11.1. The van der Waals surface area contributed by atoms with E-state index in [9.17, 15) is 9.32 Å². The van der Waals surface area contributed by atoms with Crippen LogP contribution in [-0.4, -0.2) is 57.2 Å². The molecule has 1 saturated heterocycles. The fourth-order valence-corrected chi connectivity index (χ4v) is 4.61. The zero-order chi connectivity index (χ0) is 21.9. The lowest BCUT2D eigenvalue weighted by atomic mass is 9.82. The van der Waals surface area contributed by atoms with Crippen molar-refractivity contribution in [2.75, 3.05) is 31.0 Å². The Morgan fingerprint density at radius 1 is 1.30 bits per heavy atom. The van der Waals surface area contributed by atoms with E-state index in [1.165, 1.54) is 16.9 Å². The molecule has 164 valence electrons. The predicted octanol–water partition coefficient (Wildman–Crippen LogP) is 3.92. The highest BCUT2D eigenvalue weighted by Gasteiger charge is 2.42. The van der Waals surface area contributed by atoms with Gasteiger partial charge in [0.05, 0.1) is 5.69 Å². The fraction of sp³-hybridized carbons (Fsp3) is 0.455. The molecule has 3 atom stereocenters. The molecule has 0 bridgehead atoms. The van der Waals surface area contributed by atoms with E-state index in [0.717, 1.165) is 18.0 Å². The molecule has 0 aromatic heterocycles. The van der Waals surface area contributed by atoms with Gasteiger partial charge in [-0.15, -0.1) is 0 Å². The minimum atomic E-state index is -2.07. The number of β-amino-alcohol motifs (C(OH)–C–C–N with tert-alkyl or cyclic N) is 1. The van der Waals surface area contributed by atoms with E-state index >= 15 is 0 Å². The number of nitrogens with zero attached hydrogens (tertiary/aromatic N) is 2. The summed E-state index contributed by atoms with van der Waals surface area (Å²) in [5, 5.41) is 11.3. The van der Waals surface area contributed by atoms with E-state index in [0.29, 0.717) is 23.9 Å². The topological polar surface area (TPSA) is 73.2 Å². The summed E-state index contributed by atoms with van der Waals surface area (Å²) in [6.45, 7) is 6.02. The van der Waals surface area contributed by atoms with Crippen LogP contribution < -0.4 is 9.04 Å². The molecule has 0 aliphatic carbocycles. The van der Waals surface area contributed by atoms with Crippen LogP contribution in [0, 0.1) is 0 Å². The lowest BCUT2D eigenvalue weighted by Gasteiger charge is -2.37. The number of aliphatic hydroxyl groups is 1. The van der Waals surface area contributed by atoms with Gasteiger partial charge in [0, 0.05) is 30.1 Å². The van der Waals surface area contributed by atoms with Crippen molar-refractivity contribution in [3.63, 3.8) is 0 Å². The fourth-order valence-electron chi connectivity index (χ4n) is 4.11. The first-order valence-corrected chi connectivity index (χ1v) is 11.4. The molecular formula is C22H29ClN2O4S. The Morgan fingerprint density at radius 3 is 2.63 bits per heavy atom. The number of rotatable bonds is 8. The molecule has 2 aromatic carbocycles. The summed E-state index contributed by atoms with van der Waals surface area (Å²) in [6, 6.07) is 14.9. The van der Waals surface area contributed by atoms with Gasteiger partial charge in [-0.25, -0.2) is 4.21 Å². The second-order valence-corrected chi connectivity index (χ2v) is 9.63. The Hall–Kier alpha value is -1.64. The standard InChI is InChI=1S/C22H29ClN2O4S/c1-22(2)21(16-5-4-6-17(23)13-16)11-12-25(22)14-19(26)15-29-20-9-7-18(8-10-20)24(3)30(27)28/h4-10,13,19,21,26H,11-12,14-15H2,1-3H3,(H,27,28)/t19-,21?/m1/s1. The van der Waals surface area contributed by atoms with Crippen LogP contribution in [-0.2, 0) is 11.3 Å². The number of hydrogen-bond donors (Lipinski definition) is 2. The van der Waals surface area contributed by atoms with Crippen molar-refractivity contribution in [1.82, 2.24) is 4.90 Å². The lowest BCUT2D eigenvalue weighted by molar-refractivity contribution is 0.0433. The number of aliphatic hydroxyl groups excluding tert-OH is 1. The summed E-state index contributed by atoms with van der Waals surface area (Å²) in [6.07, 6.45) is 0.386.